The molecule has 1 amide bonds. The van der Waals surface area contributed by atoms with E-state index in [0.29, 0.717) is 11.2 Å². The molecule has 27 heavy (non-hydrogen) atoms. The Morgan fingerprint density at radius 2 is 1.78 bits per heavy atom. The molecule has 0 saturated heterocycles. The predicted molar refractivity (Wildman–Crippen MR) is 102 cm³/mol. The third-order valence-electron chi connectivity index (χ3n) is 4.38. The molecule has 2 aromatic carbocycles. The fraction of sp³-hybridized carbons (Fsp3) is 0.0952. The molecule has 0 fully saturated rings. The first-order valence-electron chi connectivity index (χ1n) is 8.54. The zero-order valence-corrected chi connectivity index (χ0v) is 14.7. The first-order chi connectivity index (χ1) is 13.3. The quantitative estimate of drug-likeness (QED) is 0.595. The summed E-state index contributed by atoms with van der Waals surface area (Å²) in [6.45, 7) is 0. The number of carbonyl (C=O) groups excluding carboxylic acids is 1. The monoisotopic (exact) mass is 358 g/mol. The van der Waals surface area contributed by atoms with E-state index in [1.807, 2.05) is 54.6 Å². The molecule has 0 aliphatic heterocycles. The normalized spacial score (nSPS) is 11.9. The number of amides is 1. The van der Waals surface area contributed by atoms with Gasteiger partial charge in [-0.25, -0.2) is 9.50 Å². The molecule has 2 aromatic heterocycles. The average molecular weight is 358 g/mol. The van der Waals surface area contributed by atoms with E-state index >= 15 is 0 Å². The molecule has 134 valence electrons. The Morgan fingerprint density at radius 3 is 2.52 bits per heavy atom. The summed E-state index contributed by atoms with van der Waals surface area (Å²) in [5.74, 6) is 0.539. The van der Waals surface area contributed by atoms with Gasteiger partial charge in [-0.2, -0.15) is 5.10 Å². The number of ether oxygens (including phenoxy) is 1. The molecule has 0 aliphatic carbocycles. The summed E-state index contributed by atoms with van der Waals surface area (Å²) in [7, 11) is 1.63. The van der Waals surface area contributed by atoms with Crippen LogP contribution in [0, 0.1) is 0 Å². The second-order valence-corrected chi connectivity index (χ2v) is 6.04. The molecule has 0 aliphatic rings. The van der Waals surface area contributed by atoms with Crippen LogP contribution >= 0.6 is 0 Å². The smallest absolute Gasteiger partial charge is 0.257 e. The van der Waals surface area contributed by atoms with Gasteiger partial charge < -0.3 is 10.1 Å². The van der Waals surface area contributed by atoms with Crippen LogP contribution in [0.15, 0.2) is 79.3 Å². The lowest BCUT2D eigenvalue weighted by Gasteiger charge is -2.20. The van der Waals surface area contributed by atoms with Gasteiger partial charge in [-0.15, -0.1) is 0 Å². The summed E-state index contributed by atoms with van der Waals surface area (Å²) >= 11 is 0. The van der Waals surface area contributed by atoms with Gasteiger partial charge in [-0.05, 0) is 29.3 Å². The highest BCUT2D eigenvalue weighted by molar-refractivity contribution is 6.00. The lowest BCUT2D eigenvalue weighted by Crippen LogP contribution is -2.29. The van der Waals surface area contributed by atoms with Crippen LogP contribution in [0.25, 0.3) is 5.65 Å². The van der Waals surface area contributed by atoms with Crippen molar-refractivity contribution in [1.82, 2.24) is 19.9 Å². The van der Waals surface area contributed by atoms with Crippen LogP contribution in [-0.2, 0) is 0 Å². The Bertz CT molecular complexity index is 1060. The fourth-order valence-electron chi connectivity index (χ4n) is 3.00. The minimum atomic E-state index is -0.303. The number of rotatable bonds is 5. The largest absolute Gasteiger partial charge is 0.497 e. The molecule has 0 spiro atoms. The van der Waals surface area contributed by atoms with Crippen LogP contribution in [0.3, 0.4) is 0 Å². The van der Waals surface area contributed by atoms with E-state index < -0.39 is 0 Å². The molecular formula is C21H18N4O2. The summed E-state index contributed by atoms with van der Waals surface area (Å²) in [6, 6.07) is 19.0. The average Bonchev–Trinajstić information content (AvgIpc) is 3.17. The molecule has 0 saturated carbocycles. The van der Waals surface area contributed by atoms with Crippen molar-refractivity contribution in [2.75, 3.05) is 7.11 Å². The first kappa shape index (κ1) is 16.8. The number of benzene rings is 2. The number of aromatic nitrogens is 3. The summed E-state index contributed by atoms with van der Waals surface area (Å²) in [5.41, 5.74) is 2.90. The maximum absolute atomic E-state index is 13.0. The summed E-state index contributed by atoms with van der Waals surface area (Å²) < 4.78 is 6.82. The van der Waals surface area contributed by atoms with Crippen LogP contribution in [0.1, 0.15) is 27.5 Å². The molecule has 2 heterocycles. The lowest BCUT2D eigenvalue weighted by molar-refractivity contribution is 0.0944. The Morgan fingerprint density at radius 1 is 1.04 bits per heavy atom. The van der Waals surface area contributed by atoms with Gasteiger partial charge in [0.15, 0.2) is 5.65 Å². The van der Waals surface area contributed by atoms with Gasteiger partial charge >= 0.3 is 0 Å². The van der Waals surface area contributed by atoms with Gasteiger partial charge in [0.05, 0.1) is 19.3 Å². The van der Waals surface area contributed by atoms with E-state index in [1.165, 1.54) is 6.20 Å². The molecule has 1 N–H and O–H groups in total. The Labute approximate surface area is 156 Å². The molecule has 0 bridgehead atoms. The van der Waals surface area contributed by atoms with Crippen molar-refractivity contribution in [2.24, 2.45) is 0 Å². The third-order valence-corrected chi connectivity index (χ3v) is 4.38. The number of hydrogen-bond acceptors (Lipinski definition) is 4. The number of methoxy groups -OCH3 is 1. The topological polar surface area (TPSA) is 68.5 Å². The highest BCUT2D eigenvalue weighted by atomic mass is 16.5. The lowest BCUT2D eigenvalue weighted by atomic mass is 9.98. The summed E-state index contributed by atoms with van der Waals surface area (Å²) in [4.78, 5) is 17.2. The Balaban J connectivity index is 1.69. The summed E-state index contributed by atoms with van der Waals surface area (Å²) in [5, 5.41) is 7.30. The van der Waals surface area contributed by atoms with E-state index in [0.717, 1.165) is 16.9 Å². The van der Waals surface area contributed by atoms with Crippen molar-refractivity contribution < 1.29 is 9.53 Å². The molecule has 0 radical (unpaired) electrons. The minimum absolute atomic E-state index is 0.228. The minimum Gasteiger partial charge on any atom is -0.497 e. The van der Waals surface area contributed by atoms with Gasteiger partial charge in [-0.1, -0.05) is 42.5 Å². The van der Waals surface area contributed by atoms with E-state index in [2.05, 4.69) is 15.4 Å². The second-order valence-electron chi connectivity index (χ2n) is 6.04. The highest BCUT2D eigenvalue weighted by Gasteiger charge is 2.20. The first-order valence-corrected chi connectivity index (χ1v) is 8.54. The Hall–Kier alpha value is -3.67. The molecule has 4 aromatic rings. The van der Waals surface area contributed by atoms with Gasteiger partial charge in [0.25, 0.3) is 5.91 Å². The predicted octanol–water partition coefficient (Wildman–Crippen LogP) is 3.26. The highest BCUT2D eigenvalue weighted by Crippen LogP contribution is 2.25. The van der Waals surface area contributed by atoms with Crippen LogP contribution in [0.5, 0.6) is 5.75 Å². The van der Waals surface area contributed by atoms with Crippen LogP contribution < -0.4 is 10.1 Å². The summed E-state index contributed by atoms with van der Waals surface area (Å²) in [6.07, 6.45) is 4.94. The van der Waals surface area contributed by atoms with E-state index in [9.17, 15) is 4.79 Å². The maximum atomic E-state index is 13.0. The zero-order chi connectivity index (χ0) is 18.6. The van der Waals surface area contributed by atoms with Gasteiger partial charge in [0.2, 0.25) is 0 Å². The van der Waals surface area contributed by atoms with Crippen LogP contribution in [0.2, 0.25) is 0 Å². The van der Waals surface area contributed by atoms with Crippen molar-refractivity contribution in [1.29, 1.82) is 0 Å². The van der Waals surface area contributed by atoms with Gasteiger partial charge in [-0.3, -0.25) is 4.79 Å². The van der Waals surface area contributed by atoms with E-state index in [-0.39, 0.29) is 11.9 Å². The number of hydrogen-bond donors (Lipinski definition) is 1. The van der Waals surface area contributed by atoms with E-state index in [1.54, 1.807) is 30.1 Å². The number of nitrogens with one attached hydrogen (secondary N) is 1. The van der Waals surface area contributed by atoms with Gasteiger partial charge in [0.1, 0.15) is 11.3 Å². The molecule has 6 heteroatoms. The van der Waals surface area contributed by atoms with Crippen molar-refractivity contribution in [3.05, 3.63) is 95.9 Å². The molecule has 4 rings (SSSR count). The van der Waals surface area contributed by atoms with Crippen LogP contribution in [0.4, 0.5) is 0 Å². The van der Waals surface area contributed by atoms with Crippen molar-refractivity contribution in [3.63, 3.8) is 0 Å². The fourth-order valence-corrected chi connectivity index (χ4v) is 3.00. The Kier molecular flexibility index (Phi) is 4.53. The molecular weight excluding hydrogens is 340 g/mol. The van der Waals surface area contributed by atoms with Crippen LogP contribution in [-0.4, -0.2) is 27.6 Å². The SMILES string of the molecule is COc1ccc([C@H](NC(=O)c2cnn3cccnc23)c2ccccc2)cc1. The number of fused-ring (bicyclic) bond motifs is 1. The number of carbonyl (C=O) groups is 1. The van der Waals surface area contributed by atoms with E-state index in [4.69, 9.17) is 4.74 Å². The van der Waals surface area contributed by atoms with Crippen molar-refractivity contribution in [3.8, 4) is 5.75 Å². The molecule has 1 atom stereocenters. The third kappa shape index (κ3) is 3.37. The molecule has 0 unspecified atom stereocenters. The molecule has 6 nitrogen and oxygen atoms in total. The zero-order valence-electron chi connectivity index (χ0n) is 14.7. The standard InChI is InChI=1S/C21H18N4O2/c1-27-17-10-8-16(9-11-17)19(15-6-3-2-4-7-15)24-21(26)18-14-23-25-13-5-12-22-20(18)25/h2-14,19H,1H3,(H,24,26)/t19-/m1/s1. The number of nitrogens with zero attached hydrogens (tertiary/aromatic N) is 3. The van der Waals surface area contributed by atoms with Crippen molar-refractivity contribution in [2.45, 2.75) is 6.04 Å². The maximum Gasteiger partial charge on any atom is 0.257 e. The van der Waals surface area contributed by atoms with Gasteiger partial charge in [0, 0.05) is 12.4 Å². The second kappa shape index (κ2) is 7.29. The van der Waals surface area contributed by atoms with Crippen molar-refractivity contribution >= 4 is 11.6 Å².